The van der Waals surface area contributed by atoms with E-state index in [4.69, 9.17) is 0 Å². The Balaban J connectivity index is 1.62. The average molecular weight is 530 g/mol. The summed E-state index contributed by atoms with van der Waals surface area (Å²) in [5.74, 6) is -1.68. The van der Waals surface area contributed by atoms with Crippen LogP contribution in [0.4, 0.5) is 17.6 Å². The molecule has 2 aromatic heterocycles. The van der Waals surface area contributed by atoms with E-state index in [9.17, 15) is 23.2 Å². The number of hydrogen-bond acceptors (Lipinski definition) is 5. The molecule has 4 heterocycles. The zero-order valence-corrected chi connectivity index (χ0v) is 20.7. The number of aromatic nitrogens is 2. The normalized spacial score (nSPS) is 19.5. The number of halogens is 4. The van der Waals surface area contributed by atoms with Crippen molar-refractivity contribution < 1.29 is 22.4 Å². The van der Waals surface area contributed by atoms with Crippen LogP contribution in [0.3, 0.4) is 0 Å². The minimum Gasteiger partial charge on any atom is -0.333 e. The highest BCUT2D eigenvalue weighted by Gasteiger charge is 2.40. The van der Waals surface area contributed by atoms with Crippen molar-refractivity contribution in [3.63, 3.8) is 0 Å². The number of carbonyl (C=O) groups is 1. The fourth-order valence-electron chi connectivity index (χ4n) is 4.78. The highest BCUT2D eigenvalue weighted by Crippen LogP contribution is 2.45. The summed E-state index contributed by atoms with van der Waals surface area (Å²) in [6.45, 7) is 3.13. The van der Waals surface area contributed by atoms with Gasteiger partial charge in [0.25, 0.3) is 0 Å². The van der Waals surface area contributed by atoms with Gasteiger partial charge in [-0.05, 0) is 43.1 Å². The number of nitriles is 1. The molecule has 6 nitrogen and oxygen atoms in total. The van der Waals surface area contributed by atoms with Gasteiger partial charge in [0.2, 0.25) is 5.91 Å². The van der Waals surface area contributed by atoms with E-state index in [0.717, 1.165) is 34.2 Å². The van der Waals surface area contributed by atoms with Crippen molar-refractivity contribution in [1.29, 1.82) is 5.26 Å². The predicted molar refractivity (Wildman–Crippen MR) is 130 cm³/mol. The summed E-state index contributed by atoms with van der Waals surface area (Å²) >= 11 is 1.23. The topological polar surface area (TPSA) is 74.0 Å². The molecule has 37 heavy (non-hydrogen) atoms. The Morgan fingerprint density at radius 3 is 2.78 bits per heavy atom. The molecule has 0 aliphatic carbocycles. The van der Waals surface area contributed by atoms with Gasteiger partial charge < -0.3 is 10.2 Å². The summed E-state index contributed by atoms with van der Waals surface area (Å²) in [7, 11) is 0. The van der Waals surface area contributed by atoms with Crippen LogP contribution in [0, 0.1) is 17.1 Å². The molecule has 192 valence electrons. The zero-order chi connectivity index (χ0) is 26.3. The molecule has 2 aliphatic heterocycles. The van der Waals surface area contributed by atoms with Gasteiger partial charge in [-0.3, -0.25) is 9.48 Å². The molecule has 1 aromatic carbocycles. The molecule has 11 heteroatoms. The summed E-state index contributed by atoms with van der Waals surface area (Å²) in [4.78, 5) is 15.8. The smallest absolute Gasteiger partial charge is 0.333 e. The van der Waals surface area contributed by atoms with Crippen LogP contribution < -0.4 is 5.32 Å². The molecule has 3 aromatic rings. The molecular formula is C26H23F4N5OS. The van der Waals surface area contributed by atoms with Crippen LogP contribution in [0.25, 0.3) is 11.1 Å². The lowest BCUT2D eigenvalue weighted by atomic mass is 9.83. The van der Waals surface area contributed by atoms with Gasteiger partial charge in [-0.25, -0.2) is 4.39 Å². The van der Waals surface area contributed by atoms with E-state index < -0.39 is 23.6 Å². The zero-order valence-electron chi connectivity index (χ0n) is 19.8. The van der Waals surface area contributed by atoms with Gasteiger partial charge in [-0.15, -0.1) is 11.3 Å². The highest BCUT2D eigenvalue weighted by molar-refractivity contribution is 7.12. The molecule has 0 radical (unpaired) electrons. The number of fused-ring (bicyclic) bond motifs is 1. The quantitative estimate of drug-likeness (QED) is 0.371. The molecule has 2 aliphatic rings. The van der Waals surface area contributed by atoms with Crippen LogP contribution in [-0.4, -0.2) is 39.7 Å². The first-order valence-corrected chi connectivity index (χ1v) is 12.7. The molecule has 1 N–H and O–H groups in total. The molecule has 0 bridgehead atoms. The second kappa shape index (κ2) is 9.76. The fraction of sp³-hybridized carbons (Fsp3) is 0.346. The number of aryl methyl sites for hydroxylation is 1. The van der Waals surface area contributed by atoms with Crippen molar-refractivity contribution in [2.24, 2.45) is 0 Å². The van der Waals surface area contributed by atoms with Crippen LogP contribution in [0.5, 0.6) is 0 Å². The maximum Gasteiger partial charge on any atom is 0.435 e. The third-order valence-electron chi connectivity index (χ3n) is 6.75. The Morgan fingerprint density at radius 1 is 1.35 bits per heavy atom. The van der Waals surface area contributed by atoms with Crippen molar-refractivity contribution in [2.45, 2.75) is 44.6 Å². The third-order valence-corrected chi connectivity index (χ3v) is 7.79. The predicted octanol–water partition coefficient (Wildman–Crippen LogP) is 5.05. The van der Waals surface area contributed by atoms with Crippen LogP contribution in [0.2, 0.25) is 0 Å². The van der Waals surface area contributed by atoms with Crippen LogP contribution in [0.1, 0.15) is 45.8 Å². The lowest BCUT2D eigenvalue weighted by Crippen LogP contribution is -2.42. The van der Waals surface area contributed by atoms with Gasteiger partial charge in [0.1, 0.15) is 16.8 Å². The molecule has 2 atom stereocenters. The number of hydrogen-bond donors (Lipinski definition) is 1. The highest BCUT2D eigenvalue weighted by atomic mass is 32.1. The van der Waals surface area contributed by atoms with Gasteiger partial charge in [0.05, 0.1) is 6.54 Å². The first kappa shape index (κ1) is 25.2. The number of nitrogens with one attached hydrogen (secondary N) is 1. The monoisotopic (exact) mass is 529 g/mol. The number of benzene rings is 1. The van der Waals surface area contributed by atoms with Gasteiger partial charge in [0, 0.05) is 53.3 Å². The maximum atomic E-state index is 15.4. The minimum absolute atomic E-state index is 0.135. The summed E-state index contributed by atoms with van der Waals surface area (Å²) in [6, 6.07) is 8.09. The Labute approximate surface area is 214 Å². The van der Waals surface area contributed by atoms with Gasteiger partial charge in [0.15, 0.2) is 5.69 Å². The number of thiophene rings is 1. The number of amides is 1. The van der Waals surface area contributed by atoms with Crippen molar-refractivity contribution in [1.82, 2.24) is 20.0 Å². The molecule has 1 amide bonds. The first-order valence-electron chi connectivity index (χ1n) is 11.9. The summed E-state index contributed by atoms with van der Waals surface area (Å²) < 4.78 is 58.3. The van der Waals surface area contributed by atoms with E-state index in [1.807, 2.05) is 0 Å². The lowest BCUT2D eigenvalue weighted by molar-refractivity contribution is -0.141. The largest absolute Gasteiger partial charge is 0.435 e. The van der Waals surface area contributed by atoms with Gasteiger partial charge in [-0.2, -0.15) is 23.5 Å². The van der Waals surface area contributed by atoms with E-state index in [1.165, 1.54) is 29.7 Å². The molecule has 1 fully saturated rings. The van der Waals surface area contributed by atoms with Gasteiger partial charge in [-0.1, -0.05) is 18.2 Å². The number of alkyl halides is 3. The number of carbonyl (C=O) groups excluding carboxylic acids is 1. The van der Waals surface area contributed by atoms with E-state index in [1.54, 1.807) is 30.0 Å². The molecule has 0 unspecified atom stereocenters. The summed E-state index contributed by atoms with van der Waals surface area (Å²) in [5.41, 5.74) is -0.674. The van der Waals surface area contributed by atoms with Crippen LogP contribution in [0.15, 0.2) is 42.6 Å². The van der Waals surface area contributed by atoms with E-state index in [0.29, 0.717) is 10.4 Å². The first-order chi connectivity index (χ1) is 17.7. The van der Waals surface area contributed by atoms with Gasteiger partial charge >= 0.3 is 6.18 Å². The second-order valence-electron chi connectivity index (χ2n) is 9.03. The van der Waals surface area contributed by atoms with Crippen molar-refractivity contribution in [3.8, 4) is 17.2 Å². The van der Waals surface area contributed by atoms with Crippen LogP contribution in [-0.2, 0) is 24.1 Å². The Bertz CT molecular complexity index is 1410. The standard InChI is InChI=1S/C26H23F4N5OS/c1-2-35-13-20(25(33-35)26(28,29)30)24-17(4-3-5-21(24)27)19-12-34(23(36)7-6-15-8-9-32-15)14-22-18(19)10-16(11-31)37-22/h3-7,10,13,15,19,32H,2,8-9,12,14H2,1H3/b7-6+/t15-,19-/m0/s1. The van der Waals surface area contributed by atoms with E-state index in [2.05, 4.69) is 16.5 Å². The number of nitrogens with zero attached hydrogens (tertiary/aromatic N) is 4. The third kappa shape index (κ3) is 4.79. The van der Waals surface area contributed by atoms with Crippen molar-refractivity contribution in [3.05, 3.63) is 75.0 Å². The molecule has 5 rings (SSSR count). The van der Waals surface area contributed by atoms with E-state index in [-0.39, 0.29) is 42.7 Å². The van der Waals surface area contributed by atoms with Crippen molar-refractivity contribution in [2.75, 3.05) is 13.1 Å². The Hall–Kier alpha value is -3.49. The van der Waals surface area contributed by atoms with E-state index >= 15 is 4.39 Å². The molecule has 1 saturated heterocycles. The maximum absolute atomic E-state index is 15.4. The number of rotatable bonds is 5. The Kier molecular flexibility index (Phi) is 6.64. The molecule has 0 saturated carbocycles. The summed E-state index contributed by atoms with van der Waals surface area (Å²) in [6.07, 6.45) is 0.656. The Morgan fingerprint density at radius 2 is 2.14 bits per heavy atom. The van der Waals surface area contributed by atoms with Crippen molar-refractivity contribution >= 4 is 17.2 Å². The SMILES string of the molecule is CCn1cc(-c2c(F)cccc2[C@@H]2CN(C(=O)/C=C/[C@H]3CCN3)Cc3sc(C#N)cc32)c(C(F)(F)F)n1. The summed E-state index contributed by atoms with van der Waals surface area (Å²) in [5, 5.41) is 16.4. The molecular weight excluding hydrogens is 506 g/mol. The fourth-order valence-corrected chi connectivity index (χ4v) is 5.81. The minimum atomic E-state index is -4.79. The lowest BCUT2D eigenvalue weighted by Gasteiger charge is -2.34. The average Bonchev–Trinajstić information content (AvgIpc) is 3.46. The molecule has 0 spiro atoms. The van der Waals surface area contributed by atoms with Crippen LogP contribution >= 0.6 is 11.3 Å². The second-order valence-corrected chi connectivity index (χ2v) is 10.2.